The van der Waals surface area contributed by atoms with Crippen LogP contribution in [0.2, 0.25) is 0 Å². The lowest BCUT2D eigenvalue weighted by Crippen LogP contribution is -2.20. The SMILES string of the molecule is NC(=O)COCCOCCOCCOCCOCCOCCO. The minimum atomic E-state index is -0.492. The van der Waals surface area contributed by atoms with Gasteiger partial charge in [-0.15, -0.1) is 0 Å². The molecule has 0 saturated heterocycles. The second kappa shape index (κ2) is 19.2. The fourth-order valence-electron chi connectivity index (χ4n) is 1.34. The number of ether oxygens (including phenoxy) is 6. The van der Waals surface area contributed by atoms with Crippen molar-refractivity contribution in [2.24, 2.45) is 5.73 Å². The molecular formula is C14H29NO8. The summed E-state index contributed by atoms with van der Waals surface area (Å²) < 4.78 is 31.0. The van der Waals surface area contributed by atoms with Crippen LogP contribution in [0, 0.1) is 0 Å². The third-order valence-corrected chi connectivity index (χ3v) is 2.34. The summed E-state index contributed by atoms with van der Waals surface area (Å²) in [6.07, 6.45) is 0. The molecule has 1 amide bonds. The van der Waals surface area contributed by atoms with Gasteiger partial charge in [-0.05, 0) is 0 Å². The summed E-state index contributed by atoms with van der Waals surface area (Å²) in [5, 5.41) is 8.48. The van der Waals surface area contributed by atoms with Gasteiger partial charge in [0, 0.05) is 0 Å². The highest BCUT2D eigenvalue weighted by Crippen LogP contribution is 1.84. The van der Waals surface area contributed by atoms with Crippen molar-refractivity contribution in [2.45, 2.75) is 0 Å². The number of nitrogens with two attached hydrogens (primary N) is 1. The number of hydrogen-bond acceptors (Lipinski definition) is 8. The molecule has 0 aromatic carbocycles. The molecule has 0 atom stereocenters. The van der Waals surface area contributed by atoms with Crippen molar-refractivity contribution in [1.29, 1.82) is 0 Å². The topological polar surface area (TPSA) is 119 Å². The van der Waals surface area contributed by atoms with Crippen molar-refractivity contribution in [2.75, 3.05) is 85.9 Å². The van der Waals surface area contributed by atoms with E-state index in [9.17, 15) is 4.79 Å². The van der Waals surface area contributed by atoms with Crippen molar-refractivity contribution in [3.8, 4) is 0 Å². The highest BCUT2D eigenvalue weighted by Gasteiger charge is 1.95. The van der Waals surface area contributed by atoms with E-state index in [0.717, 1.165) is 0 Å². The summed E-state index contributed by atoms with van der Waals surface area (Å²) in [5.74, 6) is -0.492. The van der Waals surface area contributed by atoms with Crippen LogP contribution in [0.1, 0.15) is 0 Å². The Labute approximate surface area is 136 Å². The standard InChI is InChI=1S/C14H29NO8/c15-14(17)13-23-12-11-22-10-9-21-8-7-20-6-5-19-4-3-18-2-1-16/h16H,1-13H2,(H2,15,17). The van der Waals surface area contributed by atoms with Crippen LogP contribution in [0.5, 0.6) is 0 Å². The molecule has 0 unspecified atom stereocenters. The molecule has 0 aliphatic heterocycles. The quantitative estimate of drug-likeness (QED) is 0.275. The maximum Gasteiger partial charge on any atom is 0.243 e. The highest BCUT2D eigenvalue weighted by atomic mass is 16.6. The Balaban J connectivity index is 2.96. The number of rotatable bonds is 19. The van der Waals surface area contributed by atoms with Crippen LogP contribution in [0.4, 0.5) is 0 Å². The lowest BCUT2D eigenvalue weighted by Gasteiger charge is -2.07. The second-order valence-corrected chi connectivity index (χ2v) is 4.30. The minimum Gasteiger partial charge on any atom is -0.394 e. The van der Waals surface area contributed by atoms with E-state index >= 15 is 0 Å². The fraction of sp³-hybridized carbons (Fsp3) is 0.929. The van der Waals surface area contributed by atoms with Gasteiger partial charge in [-0.2, -0.15) is 0 Å². The minimum absolute atomic E-state index is 0.0250. The molecule has 0 fully saturated rings. The maximum absolute atomic E-state index is 10.4. The summed E-state index contributed by atoms with van der Waals surface area (Å²) in [4.78, 5) is 10.4. The Kier molecular flexibility index (Phi) is 18.6. The summed E-state index contributed by atoms with van der Waals surface area (Å²) >= 11 is 0. The van der Waals surface area contributed by atoms with Crippen LogP contribution >= 0.6 is 0 Å². The Hall–Kier alpha value is -0.810. The van der Waals surface area contributed by atoms with Gasteiger partial charge in [-0.1, -0.05) is 0 Å². The largest absolute Gasteiger partial charge is 0.394 e. The normalized spacial score (nSPS) is 11.0. The van der Waals surface area contributed by atoms with Gasteiger partial charge in [-0.3, -0.25) is 4.79 Å². The Morgan fingerprint density at radius 3 is 1.22 bits per heavy atom. The van der Waals surface area contributed by atoms with E-state index in [1.54, 1.807) is 0 Å². The number of carbonyl (C=O) groups excluding carboxylic acids is 1. The summed E-state index contributed by atoms with van der Waals surface area (Å²) in [7, 11) is 0. The molecule has 138 valence electrons. The smallest absolute Gasteiger partial charge is 0.243 e. The van der Waals surface area contributed by atoms with E-state index in [0.29, 0.717) is 72.7 Å². The molecule has 0 rings (SSSR count). The number of carbonyl (C=O) groups is 1. The monoisotopic (exact) mass is 339 g/mol. The molecule has 0 heterocycles. The zero-order valence-corrected chi connectivity index (χ0v) is 13.6. The first-order valence-corrected chi connectivity index (χ1v) is 7.63. The van der Waals surface area contributed by atoms with E-state index in [2.05, 4.69) is 0 Å². The van der Waals surface area contributed by atoms with Crippen LogP contribution in [0.25, 0.3) is 0 Å². The Morgan fingerprint density at radius 2 is 0.913 bits per heavy atom. The van der Waals surface area contributed by atoms with Crippen molar-refractivity contribution in [3.05, 3.63) is 0 Å². The molecule has 0 aromatic rings. The maximum atomic E-state index is 10.4. The van der Waals surface area contributed by atoms with E-state index < -0.39 is 5.91 Å². The average molecular weight is 339 g/mol. The number of aliphatic hydroxyl groups excluding tert-OH is 1. The number of amides is 1. The molecule has 0 aliphatic rings. The lowest BCUT2D eigenvalue weighted by atomic mass is 10.6. The predicted molar refractivity (Wildman–Crippen MR) is 81.2 cm³/mol. The van der Waals surface area contributed by atoms with Gasteiger partial charge in [0.05, 0.1) is 79.3 Å². The first kappa shape index (κ1) is 22.2. The van der Waals surface area contributed by atoms with Crippen molar-refractivity contribution in [3.63, 3.8) is 0 Å². The molecular weight excluding hydrogens is 310 g/mol. The highest BCUT2D eigenvalue weighted by molar-refractivity contribution is 5.74. The number of hydrogen-bond donors (Lipinski definition) is 2. The predicted octanol–water partition coefficient (Wildman–Crippen LogP) is -1.44. The van der Waals surface area contributed by atoms with Gasteiger partial charge in [0.15, 0.2) is 0 Å². The van der Waals surface area contributed by atoms with Crippen molar-refractivity contribution >= 4 is 5.91 Å². The van der Waals surface area contributed by atoms with E-state index in [1.807, 2.05) is 0 Å². The number of aliphatic hydroxyl groups is 1. The van der Waals surface area contributed by atoms with Crippen LogP contribution < -0.4 is 5.73 Å². The molecule has 0 bridgehead atoms. The van der Waals surface area contributed by atoms with Crippen LogP contribution in [-0.2, 0) is 33.2 Å². The first-order valence-electron chi connectivity index (χ1n) is 7.63. The molecule has 0 radical (unpaired) electrons. The first-order chi connectivity index (χ1) is 11.3. The third-order valence-electron chi connectivity index (χ3n) is 2.34. The molecule has 3 N–H and O–H groups in total. The lowest BCUT2D eigenvalue weighted by molar-refractivity contribution is -0.123. The molecule has 23 heavy (non-hydrogen) atoms. The van der Waals surface area contributed by atoms with E-state index in [4.69, 9.17) is 39.3 Å². The van der Waals surface area contributed by atoms with Gasteiger partial charge in [0.2, 0.25) is 5.91 Å². The third kappa shape index (κ3) is 21.2. The molecule has 0 aliphatic carbocycles. The van der Waals surface area contributed by atoms with Gasteiger partial charge in [-0.25, -0.2) is 0 Å². The van der Waals surface area contributed by atoms with E-state index in [1.165, 1.54) is 0 Å². The fourth-order valence-corrected chi connectivity index (χ4v) is 1.34. The van der Waals surface area contributed by atoms with Gasteiger partial charge in [0.1, 0.15) is 6.61 Å². The average Bonchev–Trinajstić information content (AvgIpc) is 2.53. The van der Waals surface area contributed by atoms with Crippen LogP contribution in [0.3, 0.4) is 0 Å². The van der Waals surface area contributed by atoms with Crippen LogP contribution in [-0.4, -0.2) is 96.9 Å². The van der Waals surface area contributed by atoms with Gasteiger partial charge < -0.3 is 39.3 Å². The van der Waals surface area contributed by atoms with Crippen molar-refractivity contribution < 1.29 is 38.3 Å². The molecule has 0 spiro atoms. The van der Waals surface area contributed by atoms with Gasteiger partial charge in [0.25, 0.3) is 0 Å². The summed E-state index contributed by atoms with van der Waals surface area (Å²) in [5.41, 5.74) is 4.91. The van der Waals surface area contributed by atoms with E-state index in [-0.39, 0.29) is 13.2 Å². The molecule has 0 aromatic heterocycles. The second-order valence-electron chi connectivity index (χ2n) is 4.30. The summed E-state index contributed by atoms with van der Waals surface area (Å²) in [6.45, 7) is 4.85. The summed E-state index contributed by atoms with van der Waals surface area (Å²) in [6, 6.07) is 0. The van der Waals surface area contributed by atoms with Gasteiger partial charge >= 0.3 is 0 Å². The molecule has 9 nitrogen and oxygen atoms in total. The zero-order chi connectivity index (χ0) is 17.0. The van der Waals surface area contributed by atoms with Crippen molar-refractivity contribution in [1.82, 2.24) is 0 Å². The Morgan fingerprint density at radius 1 is 0.609 bits per heavy atom. The molecule has 0 saturated carbocycles. The Bertz CT molecular complexity index is 255. The number of primary amides is 1. The zero-order valence-electron chi connectivity index (χ0n) is 13.6. The van der Waals surface area contributed by atoms with Crippen LogP contribution in [0.15, 0.2) is 0 Å². The molecule has 9 heteroatoms.